The Balaban J connectivity index is 2.66. The van der Waals surface area contributed by atoms with Crippen molar-refractivity contribution in [2.45, 2.75) is 58.4 Å². The van der Waals surface area contributed by atoms with E-state index in [-0.39, 0.29) is 5.97 Å². The van der Waals surface area contributed by atoms with E-state index in [1.54, 1.807) is 0 Å². The van der Waals surface area contributed by atoms with Crippen molar-refractivity contribution < 1.29 is 9.53 Å². The van der Waals surface area contributed by atoms with Crippen LogP contribution in [0.3, 0.4) is 0 Å². The SMILES string of the molecule is CCC(C)CC(CC)(NCC1CC1)C(=O)OC. The summed E-state index contributed by atoms with van der Waals surface area (Å²) in [6, 6.07) is 0. The first-order chi connectivity index (χ1) is 8.07. The third kappa shape index (κ3) is 3.98. The van der Waals surface area contributed by atoms with Gasteiger partial charge < -0.3 is 10.1 Å². The average molecular weight is 241 g/mol. The molecule has 0 bridgehead atoms. The number of nitrogens with one attached hydrogen (secondary N) is 1. The van der Waals surface area contributed by atoms with Gasteiger partial charge in [0.1, 0.15) is 5.54 Å². The molecule has 0 aromatic rings. The van der Waals surface area contributed by atoms with Gasteiger partial charge in [0, 0.05) is 0 Å². The summed E-state index contributed by atoms with van der Waals surface area (Å²) >= 11 is 0. The van der Waals surface area contributed by atoms with Gasteiger partial charge in [0.15, 0.2) is 0 Å². The molecule has 0 aromatic heterocycles. The number of methoxy groups -OCH3 is 1. The van der Waals surface area contributed by atoms with E-state index >= 15 is 0 Å². The van der Waals surface area contributed by atoms with Gasteiger partial charge in [-0.05, 0) is 44.1 Å². The van der Waals surface area contributed by atoms with E-state index in [0.717, 1.165) is 31.7 Å². The van der Waals surface area contributed by atoms with Crippen molar-refractivity contribution in [3.8, 4) is 0 Å². The molecule has 0 saturated heterocycles. The van der Waals surface area contributed by atoms with E-state index in [4.69, 9.17) is 4.74 Å². The molecule has 1 aliphatic carbocycles. The highest BCUT2D eigenvalue weighted by Gasteiger charge is 2.39. The minimum absolute atomic E-state index is 0.0963. The zero-order valence-corrected chi connectivity index (χ0v) is 11.7. The molecule has 1 rings (SSSR count). The molecule has 0 heterocycles. The van der Waals surface area contributed by atoms with Crippen LogP contribution in [0.5, 0.6) is 0 Å². The highest BCUT2D eigenvalue weighted by Crippen LogP contribution is 2.30. The topological polar surface area (TPSA) is 38.3 Å². The van der Waals surface area contributed by atoms with Crippen molar-refractivity contribution in [3.05, 3.63) is 0 Å². The normalized spacial score (nSPS) is 20.7. The van der Waals surface area contributed by atoms with Crippen LogP contribution in [0.1, 0.15) is 52.9 Å². The van der Waals surface area contributed by atoms with Gasteiger partial charge in [-0.2, -0.15) is 0 Å². The fourth-order valence-electron chi connectivity index (χ4n) is 2.24. The van der Waals surface area contributed by atoms with Crippen LogP contribution in [-0.2, 0) is 9.53 Å². The van der Waals surface area contributed by atoms with Gasteiger partial charge in [-0.15, -0.1) is 0 Å². The van der Waals surface area contributed by atoms with Gasteiger partial charge in [0.25, 0.3) is 0 Å². The van der Waals surface area contributed by atoms with E-state index in [1.807, 2.05) is 0 Å². The predicted molar refractivity (Wildman–Crippen MR) is 69.8 cm³/mol. The monoisotopic (exact) mass is 241 g/mol. The molecular weight excluding hydrogens is 214 g/mol. The Morgan fingerprint density at radius 2 is 2.12 bits per heavy atom. The zero-order chi connectivity index (χ0) is 12.9. The first-order valence-corrected chi connectivity index (χ1v) is 6.91. The lowest BCUT2D eigenvalue weighted by molar-refractivity contribution is -0.149. The summed E-state index contributed by atoms with van der Waals surface area (Å²) in [6.45, 7) is 7.40. The maximum atomic E-state index is 12.1. The predicted octanol–water partition coefficient (Wildman–Crippen LogP) is 2.74. The Kier molecular flexibility index (Phi) is 5.44. The fraction of sp³-hybridized carbons (Fsp3) is 0.929. The standard InChI is InChI=1S/C14H27NO2/c1-5-11(3)9-14(6-2,13(16)17-4)15-10-12-7-8-12/h11-12,15H,5-10H2,1-4H3. The second-order valence-electron chi connectivity index (χ2n) is 5.47. The summed E-state index contributed by atoms with van der Waals surface area (Å²) in [5.41, 5.74) is -0.466. The molecular formula is C14H27NO2. The molecule has 2 unspecified atom stereocenters. The first kappa shape index (κ1) is 14.5. The van der Waals surface area contributed by atoms with Crippen molar-refractivity contribution in [3.63, 3.8) is 0 Å². The summed E-state index contributed by atoms with van der Waals surface area (Å²) in [5.74, 6) is 1.23. The lowest BCUT2D eigenvalue weighted by atomic mass is 9.84. The zero-order valence-electron chi connectivity index (χ0n) is 11.7. The molecule has 1 N–H and O–H groups in total. The highest BCUT2D eigenvalue weighted by atomic mass is 16.5. The third-order valence-corrected chi connectivity index (χ3v) is 4.00. The summed E-state index contributed by atoms with van der Waals surface area (Å²) in [6.07, 6.45) is 5.38. The van der Waals surface area contributed by atoms with Gasteiger partial charge in [-0.1, -0.05) is 27.2 Å². The average Bonchev–Trinajstić information content (AvgIpc) is 3.17. The molecule has 1 fully saturated rings. The molecule has 1 aliphatic rings. The molecule has 2 atom stereocenters. The van der Waals surface area contributed by atoms with E-state index in [1.165, 1.54) is 20.0 Å². The van der Waals surface area contributed by atoms with Crippen LogP contribution in [0.15, 0.2) is 0 Å². The summed E-state index contributed by atoms with van der Waals surface area (Å²) in [7, 11) is 1.49. The first-order valence-electron chi connectivity index (χ1n) is 6.91. The second kappa shape index (κ2) is 6.39. The van der Waals surface area contributed by atoms with Gasteiger partial charge in [-0.25, -0.2) is 0 Å². The Morgan fingerprint density at radius 3 is 2.53 bits per heavy atom. The van der Waals surface area contributed by atoms with Crippen LogP contribution in [0.4, 0.5) is 0 Å². The van der Waals surface area contributed by atoms with E-state index < -0.39 is 5.54 Å². The number of carbonyl (C=O) groups excluding carboxylic acids is 1. The Hall–Kier alpha value is -0.570. The molecule has 17 heavy (non-hydrogen) atoms. The number of hydrogen-bond acceptors (Lipinski definition) is 3. The second-order valence-corrected chi connectivity index (χ2v) is 5.47. The maximum absolute atomic E-state index is 12.1. The van der Waals surface area contributed by atoms with Crippen LogP contribution in [0.25, 0.3) is 0 Å². The van der Waals surface area contributed by atoms with Crippen molar-refractivity contribution in [1.82, 2.24) is 5.32 Å². The number of rotatable bonds is 8. The number of ether oxygens (including phenoxy) is 1. The Labute approximate surface area is 105 Å². The molecule has 1 saturated carbocycles. The van der Waals surface area contributed by atoms with Crippen molar-refractivity contribution in [2.24, 2.45) is 11.8 Å². The van der Waals surface area contributed by atoms with Crippen LogP contribution in [0.2, 0.25) is 0 Å². The highest BCUT2D eigenvalue weighted by molar-refractivity contribution is 5.80. The molecule has 3 heteroatoms. The van der Waals surface area contributed by atoms with Crippen LogP contribution >= 0.6 is 0 Å². The van der Waals surface area contributed by atoms with E-state index in [9.17, 15) is 4.79 Å². The van der Waals surface area contributed by atoms with Crippen LogP contribution in [-0.4, -0.2) is 25.2 Å². The Morgan fingerprint density at radius 1 is 1.47 bits per heavy atom. The third-order valence-electron chi connectivity index (χ3n) is 4.00. The quantitative estimate of drug-likeness (QED) is 0.664. The van der Waals surface area contributed by atoms with E-state index in [2.05, 4.69) is 26.1 Å². The van der Waals surface area contributed by atoms with Gasteiger partial charge in [0.2, 0.25) is 0 Å². The molecule has 0 amide bonds. The summed E-state index contributed by atoms with van der Waals surface area (Å²) in [4.78, 5) is 12.1. The molecule has 0 aromatic carbocycles. The molecule has 100 valence electrons. The van der Waals surface area contributed by atoms with Crippen molar-refractivity contribution >= 4 is 5.97 Å². The van der Waals surface area contributed by atoms with Crippen molar-refractivity contribution in [2.75, 3.05) is 13.7 Å². The Bertz CT molecular complexity index is 251. The number of hydrogen-bond donors (Lipinski definition) is 1. The fourth-order valence-corrected chi connectivity index (χ4v) is 2.24. The minimum Gasteiger partial charge on any atom is -0.468 e. The summed E-state index contributed by atoms with van der Waals surface area (Å²) < 4.78 is 5.00. The van der Waals surface area contributed by atoms with Crippen molar-refractivity contribution in [1.29, 1.82) is 0 Å². The molecule has 0 radical (unpaired) electrons. The number of esters is 1. The van der Waals surface area contributed by atoms with Gasteiger partial charge in [-0.3, -0.25) is 4.79 Å². The molecule has 0 spiro atoms. The summed E-state index contributed by atoms with van der Waals surface area (Å²) in [5, 5.41) is 3.49. The van der Waals surface area contributed by atoms with E-state index in [0.29, 0.717) is 5.92 Å². The molecule has 3 nitrogen and oxygen atoms in total. The van der Waals surface area contributed by atoms with Crippen LogP contribution in [0, 0.1) is 11.8 Å². The smallest absolute Gasteiger partial charge is 0.326 e. The van der Waals surface area contributed by atoms with Crippen LogP contribution < -0.4 is 5.32 Å². The van der Waals surface area contributed by atoms with Gasteiger partial charge in [0.05, 0.1) is 7.11 Å². The lowest BCUT2D eigenvalue weighted by Gasteiger charge is -2.33. The maximum Gasteiger partial charge on any atom is 0.326 e. The number of carbonyl (C=O) groups is 1. The minimum atomic E-state index is -0.466. The molecule has 0 aliphatic heterocycles. The largest absolute Gasteiger partial charge is 0.468 e. The van der Waals surface area contributed by atoms with Gasteiger partial charge >= 0.3 is 5.97 Å². The lowest BCUT2D eigenvalue weighted by Crippen LogP contribution is -2.54.